The maximum Gasteiger partial charge on any atom is 0.311 e. The monoisotopic (exact) mass is 398 g/mol. The number of likely N-dealkylation sites (N-methyl/N-ethyl adjacent to an activating group) is 1. The second-order valence-electron chi connectivity index (χ2n) is 7.12. The Kier molecular flexibility index (Phi) is 6.33. The van der Waals surface area contributed by atoms with Gasteiger partial charge in [0.25, 0.3) is 5.91 Å². The lowest BCUT2D eigenvalue weighted by Gasteiger charge is -2.34. The Bertz CT molecular complexity index is 908. The smallest absolute Gasteiger partial charge is 0.311 e. The summed E-state index contributed by atoms with van der Waals surface area (Å²) < 4.78 is 5.27. The van der Waals surface area contributed by atoms with Crippen LogP contribution in [-0.4, -0.2) is 55.6 Å². The number of nitro benzene ring substituents is 1. The second kappa shape index (κ2) is 8.91. The van der Waals surface area contributed by atoms with E-state index in [-0.39, 0.29) is 17.0 Å². The first kappa shape index (κ1) is 20.6. The Hall–Kier alpha value is -3.13. The first-order chi connectivity index (χ1) is 13.9. The zero-order valence-electron chi connectivity index (χ0n) is 17.0. The number of hydrogen-bond acceptors (Lipinski definition) is 6. The van der Waals surface area contributed by atoms with Gasteiger partial charge < -0.3 is 19.9 Å². The van der Waals surface area contributed by atoms with Gasteiger partial charge in [-0.15, -0.1) is 0 Å². The van der Waals surface area contributed by atoms with Gasteiger partial charge in [0.15, 0.2) is 5.75 Å². The van der Waals surface area contributed by atoms with E-state index < -0.39 is 10.8 Å². The van der Waals surface area contributed by atoms with Crippen LogP contribution in [-0.2, 0) is 0 Å². The van der Waals surface area contributed by atoms with Crippen LogP contribution in [0.3, 0.4) is 0 Å². The van der Waals surface area contributed by atoms with E-state index in [1.165, 1.54) is 18.2 Å². The number of hydrogen-bond donors (Lipinski definition) is 1. The molecule has 0 aliphatic carbocycles. The van der Waals surface area contributed by atoms with Crippen LogP contribution in [0.1, 0.15) is 22.8 Å². The summed E-state index contributed by atoms with van der Waals surface area (Å²) >= 11 is 0. The fourth-order valence-corrected chi connectivity index (χ4v) is 3.32. The highest BCUT2D eigenvalue weighted by Gasteiger charge is 2.20. The number of anilines is 2. The Morgan fingerprint density at radius 2 is 1.90 bits per heavy atom. The largest absolute Gasteiger partial charge is 0.487 e. The van der Waals surface area contributed by atoms with Crippen LogP contribution in [0.4, 0.5) is 17.1 Å². The van der Waals surface area contributed by atoms with Gasteiger partial charge in [0.1, 0.15) is 0 Å². The summed E-state index contributed by atoms with van der Waals surface area (Å²) in [7, 11) is 2.12. The molecular weight excluding hydrogens is 372 g/mol. The van der Waals surface area contributed by atoms with Crippen molar-refractivity contribution < 1.29 is 14.5 Å². The van der Waals surface area contributed by atoms with Crippen LogP contribution >= 0.6 is 0 Å². The summed E-state index contributed by atoms with van der Waals surface area (Å²) in [5.41, 5.74) is 2.74. The van der Waals surface area contributed by atoms with Crippen LogP contribution in [0.15, 0.2) is 36.4 Å². The van der Waals surface area contributed by atoms with Gasteiger partial charge in [-0.25, -0.2) is 0 Å². The van der Waals surface area contributed by atoms with Crippen LogP contribution in [0.2, 0.25) is 0 Å². The first-order valence-corrected chi connectivity index (χ1v) is 9.65. The molecule has 0 atom stereocenters. The van der Waals surface area contributed by atoms with Crippen molar-refractivity contribution in [2.45, 2.75) is 13.8 Å². The number of aryl methyl sites for hydroxylation is 1. The number of rotatable bonds is 6. The molecule has 1 amide bonds. The summed E-state index contributed by atoms with van der Waals surface area (Å²) in [6.07, 6.45) is 0. The zero-order valence-corrected chi connectivity index (χ0v) is 17.0. The average molecular weight is 398 g/mol. The summed E-state index contributed by atoms with van der Waals surface area (Å²) in [6.45, 7) is 7.98. The number of benzene rings is 2. The van der Waals surface area contributed by atoms with Crippen molar-refractivity contribution in [2.75, 3.05) is 50.1 Å². The lowest BCUT2D eigenvalue weighted by molar-refractivity contribution is -0.385. The molecule has 1 aliphatic rings. The van der Waals surface area contributed by atoms with E-state index in [2.05, 4.69) is 28.2 Å². The van der Waals surface area contributed by atoms with Gasteiger partial charge in [-0.1, -0.05) is 0 Å². The van der Waals surface area contributed by atoms with Gasteiger partial charge in [0.05, 0.1) is 11.5 Å². The molecule has 1 heterocycles. The first-order valence-electron chi connectivity index (χ1n) is 9.65. The van der Waals surface area contributed by atoms with Crippen molar-refractivity contribution in [2.24, 2.45) is 0 Å². The van der Waals surface area contributed by atoms with Crippen molar-refractivity contribution in [1.29, 1.82) is 0 Å². The highest BCUT2D eigenvalue weighted by atomic mass is 16.6. The van der Waals surface area contributed by atoms with E-state index in [1.54, 1.807) is 6.92 Å². The Labute approximate surface area is 170 Å². The number of nitrogens with one attached hydrogen (secondary N) is 1. The van der Waals surface area contributed by atoms with Gasteiger partial charge >= 0.3 is 5.69 Å². The van der Waals surface area contributed by atoms with Gasteiger partial charge in [0, 0.05) is 49.2 Å². The summed E-state index contributed by atoms with van der Waals surface area (Å²) in [5, 5.41) is 14.1. The topological polar surface area (TPSA) is 88.0 Å². The molecule has 0 radical (unpaired) electrons. The van der Waals surface area contributed by atoms with Gasteiger partial charge in [0.2, 0.25) is 0 Å². The maximum atomic E-state index is 12.6. The lowest BCUT2D eigenvalue weighted by atomic mass is 10.1. The average Bonchev–Trinajstić information content (AvgIpc) is 2.70. The molecule has 1 N–H and O–H groups in total. The number of amides is 1. The predicted molar refractivity (Wildman–Crippen MR) is 113 cm³/mol. The molecule has 2 aromatic carbocycles. The van der Waals surface area contributed by atoms with Crippen molar-refractivity contribution in [3.05, 3.63) is 57.6 Å². The van der Waals surface area contributed by atoms with Crippen molar-refractivity contribution in [3.8, 4) is 5.75 Å². The lowest BCUT2D eigenvalue weighted by Crippen LogP contribution is -2.44. The van der Waals surface area contributed by atoms with Crippen LogP contribution in [0, 0.1) is 17.0 Å². The molecule has 0 saturated carbocycles. The molecule has 1 fully saturated rings. The zero-order chi connectivity index (χ0) is 21.0. The van der Waals surface area contributed by atoms with Crippen LogP contribution in [0.5, 0.6) is 5.75 Å². The fourth-order valence-electron chi connectivity index (χ4n) is 3.32. The summed E-state index contributed by atoms with van der Waals surface area (Å²) in [6, 6.07) is 10.2. The summed E-state index contributed by atoms with van der Waals surface area (Å²) in [5.74, 6) is -0.242. The van der Waals surface area contributed by atoms with E-state index in [0.29, 0.717) is 12.3 Å². The third-order valence-electron chi connectivity index (χ3n) is 5.04. The maximum absolute atomic E-state index is 12.6. The molecule has 0 spiro atoms. The van der Waals surface area contributed by atoms with E-state index in [1.807, 2.05) is 19.1 Å². The molecule has 1 saturated heterocycles. The fraction of sp³-hybridized carbons (Fsp3) is 0.381. The molecular formula is C21H26N4O4. The third-order valence-corrected chi connectivity index (χ3v) is 5.04. The highest BCUT2D eigenvalue weighted by molar-refractivity contribution is 6.05. The molecule has 0 aromatic heterocycles. The molecule has 1 aliphatic heterocycles. The summed E-state index contributed by atoms with van der Waals surface area (Å²) in [4.78, 5) is 28.0. The molecule has 3 rings (SSSR count). The molecule has 0 bridgehead atoms. The number of carbonyl (C=O) groups excluding carboxylic acids is 1. The third kappa shape index (κ3) is 4.83. The number of piperazine rings is 1. The molecule has 29 heavy (non-hydrogen) atoms. The molecule has 8 heteroatoms. The van der Waals surface area contributed by atoms with Crippen molar-refractivity contribution >= 4 is 23.0 Å². The van der Waals surface area contributed by atoms with E-state index in [4.69, 9.17) is 4.74 Å². The van der Waals surface area contributed by atoms with Gasteiger partial charge in [-0.2, -0.15) is 0 Å². The minimum atomic E-state index is -0.544. The van der Waals surface area contributed by atoms with E-state index in [0.717, 1.165) is 37.4 Å². The quantitative estimate of drug-likeness (QED) is 0.593. The molecule has 154 valence electrons. The SMILES string of the molecule is CCOc1ccc(C(=O)Nc2ccc(N3CCN(C)CC3)cc2C)cc1[N+](=O)[O-]. The second-order valence-corrected chi connectivity index (χ2v) is 7.12. The van der Waals surface area contributed by atoms with Crippen molar-refractivity contribution in [3.63, 3.8) is 0 Å². The highest BCUT2D eigenvalue weighted by Crippen LogP contribution is 2.29. The number of nitrogens with zero attached hydrogens (tertiary/aromatic N) is 3. The van der Waals surface area contributed by atoms with Gasteiger partial charge in [-0.05, 0) is 56.8 Å². The molecule has 0 unspecified atom stereocenters. The van der Waals surface area contributed by atoms with E-state index >= 15 is 0 Å². The van der Waals surface area contributed by atoms with Gasteiger partial charge in [-0.3, -0.25) is 14.9 Å². The predicted octanol–water partition coefficient (Wildman–Crippen LogP) is 3.31. The standard InChI is InChI=1S/C21H26N4O4/c1-4-29-20-8-5-16(14-19(20)25(27)28)21(26)22-18-7-6-17(13-15(18)2)24-11-9-23(3)10-12-24/h5-8,13-14H,4,9-12H2,1-3H3,(H,22,26). The number of ether oxygens (including phenoxy) is 1. The van der Waals surface area contributed by atoms with Crippen LogP contribution in [0.25, 0.3) is 0 Å². The molecule has 2 aromatic rings. The Balaban J connectivity index is 1.75. The Morgan fingerprint density at radius 1 is 1.17 bits per heavy atom. The minimum absolute atomic E-state index is 0.154. The number of nitro groups is 1. The van der Waals surface area contributed by atoms with E-state index in [9.17, 15) is 14.9 Å². The number of carbonyl (C=O) groups is 1. The Morgan fingerprint density at radius 3 is 2.52 bits per heavy atom. The van der Waals surface area contributed by atoms with Crippen LogP contribution < -0.4 is 15.0 Å². The molecule has 8 nitrogen and oxygen atoms in total. The minimum Gasteiger partial charge on any atom is -0.487 e. The van der Waals surface area contributed by atoms with Crippen molar-refractivity contribution in [1.82, 2.24) is 4.90 Å². The normalized spacial score (nSPS) is 14.5.